The highest BCUT2D eigenvalue weighted by Crippen LogP contribution is 2.36. The van der Waals surface area contributed by atoms with Gasteiger partial charge in [0.15, 0.2) is 5.78 Å². The Morgan fingerprint density at radius 2 is 2.16 bits per heavy atom. The number of carbonyl (C=O) groups is 1. The summed E-state index contributed by atoms with van der Waals surface area (Å²) in [6.07, 6.45) is 3.77. The summed E-state index contributed by atoms with van der Waals surface area (Å²) in [4.78, 5) is 16.8. The number of pyridine rings is 1. The fourth-order valence-corrected chi connectivity index (χ4v) is 3.43. The van der Waals surface area contributed by atoms with E-state index in [9.17, 15) is 4.79 Å². The third-order valence-corrected chi connectivity index (χ3v) is 4.51. The molecule has 0 atom stereocenters. The Balaban J connectivity index is 2.28. The fraction of sp³-hybridized carbons (Fsp3) is 0.600. The van der Waals surface area contributed by atoms with Gasteiger partial charge in [-0.15, -0.1) is 11.8 Å². The molecule has 0 fully saturated rings. The van der Waals surface area contributed by atoms with Crippen molar-refractivity contribution >= 4 is 23.2 Å². The van der Waals surface area contributed by atoms with Gasteiger partial charge in [0, 0.05) is 12.0 Å². The fourth-order valence-electron chi connectivity index (χ4n) is 2.40. The van der Waals surface area contributed by atoms with Crippen LogP contribution in [0.4, 0.5) is 5.69 Å². The number of nitrogens with two attached hydrogens (primary N) is 1. The predicted molar refractivity (Wildman–Crippen MR) is 80.7 cm³/mol. The van der Waals surface area contributed by atoms with E-state index in [0.29, 0.717) is 12.1 Å². The van der Waals surface area contributed by atoms with Crippen molar-refractivity contribution in [3.8, 4) is 0 Å². The number of aromatic nitrogens is 1. The largest absolute Gasteiger partial charge is 0.397 e. The quantitative estimate of drug-likeness (QED) is 0.674. The first-order valence-corrected chi connectivity index (χ1v) is 7.87. The van der Waals surface area contributed by atoms with E-state index in [1.165, 1.54) is 6.42 Å². The molecule has 1 aromatic heterocycles. The molecule has 4 heteroatoms. The number of ketones is 1. The molecular weight excluding hydrogens is 256 g/mol. The SMILES string of the molecule is CCCCSc1nc2c(cc1N)C(=O)CC(C)(C)C2. The molecule has 0 spiro atoms. The second-order valence-electron chi connectivity index (χ2n) is 6.02. The number of nitrogens with zero attached hydrogens (tertiary/aromatic N) is 1. The highest BCUT2D eigenvalue weighted by Gasteiger charge is 2.32. The van der Waals surface area contributed by atoms with Crippen molar-refractivity contribution in [3.63, 3.8) is 0 Å². The van der Waals surface area contributed by atoms with Crippen LogP contribution in [0.15, 0.2) is 11.1 Å². The topological polar surface area (TPSA) is 56.0 Å². The van der Waals surface area contributed by atoms with Gasteiger partial charge in [-0.3, -0.25) is 4.79 Å². The van der Waals surface area contributed by atoms with Gasteiger partial charge in [0.2, 0.25) is 0 Å². The number of anilines is 1. The molecule has 2 rings (SSSR count). The highest BCUT2D eigenvalue weighted by atomic mass is 32.2. The standard InChI is InChI=1S/C15H22N2OS/c1-4-5-6-19-14-11(16)7-10-12(17-14)8-15(2,3)9-13(10)18/h7H,4-6,8-9,16H2,1-3H3. The minimum atomic E-state index is 0.0125. The second-order valence-corrected chi connectivity index (χ2v) is 7.10. The molecule has 0 bridgehead atoms. The molecule has 1 aromatic rings. The molecule has 0 radical (unpaired) electrons. The van der Waals surface area contributed by atoms with E-state index in [2.05, 4.69) is 25.8 Å². The van der Waals surface area contributed by atoms with Gasteiger partial charge in [0.25, 0.3) is 0 Å². The summed E-state index contributed by atoms with van der Waals surface area (Å²) in [6.45, 7) is 6.41. The van der Waals surface area contributed by atoms with Crippen LogP contribution >= 0.6 is 11.8 Å². The summed E-state index contributed by atoms with van der Waals surface area (Å²) in [5.74, 6) is 1.21. The van der Waals surface area contributed by atoms with Crippen molar-refractivity contribution in [1.82, 2.24) is 4.98 Å². The normalized spacial score (nSPS) is 17.3. The Kier molecular flexibility index (Phi) is 4.19. The number of nitrogen functional groups attached to an aromatic ring is 1. The van der Waals surface area contributed by atoms with Crippen LogP contribution in [0, 0.1) is 5.41 Å². The Morgan fingerprint density at radius 3 is 2.84 bits per heavy atom. The van der Waals surface area contributed by atoms with Gasteiger partial charge < -0.3 is 5.73 Å². The smallest absolute Gasteiger partial charge is 0.165 e. The van der Waals surface area contributed by atoms with Gasteiger partial charge in [0.05, 0.1) is 11.4 Å². The van der Waals surface area contributed by atoms with Crippen LogP contribution in [0.25, 0.3) is 0 Å². The average molecular weight is 278 g/mol. The Hall–Kier alpha value is -1.03. The molecule has 0 saturated heterocycles. The van der Waals surface area contributed by atoms with Crippen molar-refractivity contribution in [2.45, 2.75) is 51.5 Å². The third-order valence-electron chi connectivity index (χ3n) is 3.42. The van der Waals surface area contributed by atoms with E-state index in [0.717, 1.165) is 34.9 Å². The van der Waals surface area contributed by atoms with Crippen LogP contribution in [-0.4, -0.2) is 16.5 Å². The van der Waals surface area contributed by atoms with Gasteiger partial charge in [-0.2, -0.15) is 0 Å². The molecular formula is C15H22N2OS. The second kappa shape index (κ2) is 5.53. The van der Waals surface area contributed by atoms with Crippen LogP contribution in [0.2, 0.25) is 0 Å². The van der Waals surface area contributed by atoms with E-state index < -0.39 is 0 Å². The van der Waals surface area contributed by atoms with Crippen LogP contribution in [-0.2, 0) is 6.42 Å². The van der Waals surface area contributed by atoms with Gasteiger partial charge in [-0.25, -0.2) is 4.98 Å². The first kappa shape index (κ1) is 14.4. The lowest BCUT2D eigenvalue weighted by atomic mass is 9.75. The van der Waals surface area contributed by atoms with E-state index in [1.54, 1.807) is 11.8 Å². The van der Waals surface area contributed by atoms with E-state index in [-0.39, 0.29) is 11.2 Å². The van der Waals surface area contributed by atoms with Gasteiger partial charge >= 0.3 is 0 Å². The summed E-state index contributed by atoms with van der Waals surface area (Å²) < 4.78 is 0. The lowest BCUT2D eigenvalue weighted by Gasteiger charge is -2.29. The average Bonchev–Trinajstić information content (AvgIpc) is 2.30. The number of Topliss-reactive ketones (excluding diaryl/α,β-unsaturated/α-hetero) is 1. The number of rotatable bonds is 4. The minimum Gasteiger partial charge on any atom is -0.397 e. The summed E-state index contributed by atoms with van der Waals surface area (Å²) in [5.41, 5.74) is 8.34. The summed E-state index contributed by atoms with van der Waals surface area (Å²) in [6, 6.07) is 1.83. The number of hydrogen-bond donors (Lipinski definition) is 1. The molecule has 1 aliphatic rings. The highest BCUT2D eigenvalue weighted by molar-refractivity contribution is 7.99. The van der Waals surface area contributed by atoms with Crippen molar-refractivity contribution < 1.29 is 4.79 Å². The zero-order valence-corrected chi connectivity index (χ0v) is 12.8. The van der Waals surface area contributed by atoms with Crippen molar-refractivity contribution in [2.75, 3.05) is 11.5 Å². The maximum Gasteiger partial charge on any atom is 0.165 e. The maximum absolute atomic E-state index is 12.1. The molecule has 0 aliphatic heterocycles. The number of fused-ring (bicyclic) bond motifs is 1. The van der Waals surface area contributed by atoms with E-state index in [1.807, 2.05) is 6.07 Å². The Labute approximate surface area is 119 Å². The zero-order valence-electron chi connectivity index (χ0n) is 12.0. The molecule has 0 saturated carbocycles. The first-order chi connectivity index (χ1) is 8.93. The van der Waals surface area contributed by atoms with Crippen molar-refractivity contribution in [3.05, 3.63) is 17.3 Å². The first-order valence-electron chi connectivity index (χ1n) is 6.88. The monoisotopic (exact) mass is 278 g/mol. The lowest BCUT2D eigenvalue weighted by Crippen LogP contribution is -2.28. The van der Waals surface area contributed by atoms with Gasteiger partial charge in [-0.05, 0) is 30.1 Å². The van der Waals surface area contributed by atoms with E-state index in [4.69, 9.17) is 5.73 Å². The lowest BCUT2D eigenvalue weighted by molar-refractivity contribution is 0.0910. The molecule has 104 valence electrons. The van der Waals surface area contributed by atoms with Crippen molar-refractivity contribution in [1.29, 1.82) is 0 Å². The summed E-state index contributed by atoms with van der Waals surface area (Å²) in [7, 11) is 0. The van der Waals surface area contributed by atoms with Crippen LogP contribution in [0.5, 0.6) is 0 Å². The van der Waals surface area contributed by atoms with Crippen LogP contribution < -0.4 is 5.73 Å². The third kappa shape index (κ3) is 3.30. The Morgan fingerprint density at radius 1 is 1.42 bits per heavy atom. The van der Waals surface area contributed by atoms with Crippen LogP contribution in [0.3, 0.4) is 0 Å². The summed E-state index contributed by atoms with van der Waals surface area (Å²) in [5, 5.41) is 0.887. The minimum absolute atomic E-state index is 0.0125. The molecule has 2 N–H and O–H groups in total. The molecule has 3 nitrogen and oxygen atoms in total. The molecule has 0 unspecified atom stereocenters. The molecule has 0 aromatic carbocycles. The van der Waals surface area contributed by atoms with Crippen LogP contribution in [0.1, 0.15) is 56.1 Å². The summed E-state index contributed by atoms with van der Waals surface area (Å²) >= 11 is 1.70. The van der Waals surface area contributed by atoms with E-state index >= 15 is 0 Å². The molecule has 0 amide bonds. The van der Waals surface area contributed by atoms with Gasteiger partial charge in [-0.1, -0.05) is 27.2 Å². The Bertz CT molecular complexity index is 497. The number of thioether (sulfide) groups is 1. The molecule has 19 heavy (non-hydrogen) atoms. The number of hydrogen-bond acceptors (Lipinski definition) is 4. The molecule has 1 heterocycles. The zero-order chi connectivity index (χ0) is 14.0. The molecule has 1 aliphatic carbocycles. The maximum atomic E-state index is 12.1. The number of carbonyl (C=O) groups excluding carboxylic acids is 1. The predicted octanol–water partition coefficient (Wildman–Crippen LogP) is 3.71. The van der Waals surface area contributed by atoms with Gasteiger partial charge in [0.1, 0.15) is 5.03 Å². The van der Waals surface area contributed by atoms with Crippen molar-refractivity contribution in [2.24, 2.45) is 5.41 Å². The number of unbranched alkanes of at least 4 members (excludes halogenated alkanes) is 1.